The Labute approximate surface area is 151 Å². The number of hydrogen-bond donors (Lipinski definition) is 1. The molecule has 0 amide bonds. The molecule has 0 aliphatic heterocycles. The molecular weight excluding hydrogens is 316 g/mol. The molecule has 2 fully saturated rings. The van der Waals surface area contributed by atoms with Crippen LogP contribution in [-0.4, -0.2) is 29.1 Å². The van der Waals surface area contributed by atoms with E-state index < -0.39 is 18.2 Å². The maximum Gasteiger partial charge on any atom is 0.331 e. The van der Waals surface area contributed by atoms with Crippen LogP contribution >= 0.6 is 0 Å². The van der Waals surface area contributed by atoms with Crippen molar-refractivity contribution in [2.24, 2.45) is 23.2 Å². The third-order valence-corrected chi connectivity index (χ3v) is 6.57. The Kier molecular flexibility index (Phi) is 5.93. The number of hydrogen-bond acceptors (Lipinski definition) is 4. The number of allylic oxidation sites excluding steroid dienone is 1. The number of fused-ring (bicyclic) bond motifs is 1. The van der Waals surface area contributed by atoms with Crippen molar-refractivity contribution in [3.8, 4) is 0 Å². The van der Waals surface area contributed by atoms with Gasteiger partial charge in [-0.3, -0.25) is 4.79 Å². The molecule has 0 aromatic rings. The van der Waals surface area contributed by atoms with E-state index in [0.717, 1.165) is 24.0 Å². The SMILES string of the molecule is C=C(C)C1CC2(C)C(C)CC(=O)CC2C(OC(=O)C=C(C)CC)C1O. The Morgan fingerprint density at radius 3 is 2.60 bits per heavy atom. The summed E-state index contributed by atoms with van der Waals surface area (Å²) in [5.74, 6) is -0.308. The molecule has 0 saturated heterocycles. The van der Waals surface area contributed by atoms with Crippen molar-refractivity contribution in [3.05, 3.63) is 23.8 Å². The average Bonchev–Trinajstić information content (AvgIpc) is 2.52. The van der Waals surface area contributed by atoms with E-state index in [2.05, 4.69) is 20.4 Å². The summed E-state index contributed by atoms with van der Waals surface area (Å²) < 4.78 is 5.73. The lowest BCUT2D eigenvalue weighted by Gasteiger charge is -2.55. The first-order valence-corrected chi connectivity index (χ1v) is 9.33. The monoisotopic (exact) mass is 348 g/mol. The minimum atomic E-state index is -0.812. The molecule has 2 rings (SSSR count). The number of esters is 1. The fourth-order valence-electron chi connectivity index (χ4n) is 4.50. The van der Waals surface area contributed by atoms with Gasteiger partial charge in [-0.15, -0.1) is 0 Å². The van der Waals surface area contributed by atoms with Gasteiger partial charge in [0.1, 0.15) is 11.9 Å². The van der Waals surface area contributed by atoms with Gasteiger partial charge in [0.2, 0.25) is 0 Å². The van der Waals surface area contributed by atoms with E-state index in [1.54, 1.807) is 0 Å². The number of aliphatic hydroxyl groups is 1. The average molecular weight is 348 g/mol. The van der Waals surface area contributed by atoms with Gasteiger partial charge in [-0.05, 0) is 38.0 Å². The largest absolute Gasteiger partial charge is 0.456 e. The molecule has 2 saturated carbocycles. The number of aliphatic hydroxyl groups excluding tert-OH is 1. The number of ketones is 1. The van der Waals surface area contributed by atoms with Crippen LogP contribution in [0.1, 0.15) is 60.3 Å². The fourth-order valence-corrected chi connectivity index (χ4v) is 4.50. The van der Waals surface area contributed by atoms with Gasteiger partial charge in [0.15, 0.2) is 0 Å². The first-order valence-electron chi connectivity index (χ1n) is 9.33. The molecule has 0 radical (unpaired) electrons. The maximum atomic E-state index is 12.3. The predicted octanol–water partition coefficient (Wildman–Crippen LogP) is 3.83. The molecule has 6 unspecified atom stereocenters. The second kappa shape index (κ2) is 7.45. The molecule has 0 bridgehead atoms. The van der Waals surface area contributed by atoms with Gasteiger partial charge in [0.25, 0.3) is 0 Å². The molecular formula is C21H32O4. The van der Waals surface area contributed by atoms with Gasteiger partial charge >= 0.3 is 5.97 Å². The van der Waals surface area contributed by atoms with E-state index >= 15 is 0 Å². The highest BCUT2D eigenvalue weighted by atomic mass is 16.6. The second-order valence-corrected chi connectivity index (χ2v) is 8.35. The Morgan fingerprint density at radius 2 is 2.04 bits per heavy atom. The van der Waals surface area contributed by atoms with Crippen molar-refractivity contribution >= 4 is 11.8 Å². The molecule has 0 heterocycles. The molecule has 1 N–H and O–H groups in total. The van der Waals surface area contributed by atoms with Gasteiger partial charge in [-0.1, -0.05) is 38.5 Å². The first kappa shape index (κ1) is 19.9. The smallest absolute Gasteiger partial charge is 0.331 e. The number of carbonyl (C=O) groups is 2. The highest BCUT2D eigenvalue weighted by Crippen LogP contribution is 2.55. The lowest BCUT2D eigenvalue weighted by atomic mass is 9.51. The first-order chi connectivity index (χ1) is 11.6. The zero-order chi connectivity index (χ0) is 18.9. The third-order valence-electron chi connectivity index (χ3n) is 6.57. The summed E-state index contributed by atoms with van der Waals surface area (Å²) in [6, 6.07) is 0. The normalized spacial score (nSPS) is 38.9. The van der Waals surface area contributed by atoms with Crippen molar-refractivity contribution in [1.82, 2.24) is 0 Å². The highest BCUT2D eigenvalue weighted by molar-refractivity contribution is 5.83. The summed E-state index contributed by atoms with van der Waals surface area (Å²) >= 11 is 0. The Hall–Kier alpha value is -1.42. The van der Waals surface area contributed by atoms with Gasteiger partial charge in [0.05, 0.1) is 6.10 Å². The standard InChI is InChI=1S/C21H32O4/c1-7-13(4)8-18(23)25-20-17-10-15(22)9-14(5)21(17,6)11-16(12(2)3)19(20)24/h8,14,16-17,19-20,24H,2,7,9-11H2,1,3-6H3. The zero-order valence-electron chi connectivity index (χ0n) is 16.2. The molecule has 2 aliphatic rings. The Bertz CT molecular complexity index is 591. The van der Waals surface area contributed by atoms with Crippen LogP contribution in [0.5, 0.6) is 0 Å². The van der Waals surface area contributed by atoms with E-state index in [9.17, 15) is 14.7 Å². The number of carbonyl (C=O) groups excluding carboxylic acids is 2. The van der Waals surface area contributed by atoms with Crippen LogP contribution in [0.4, 0.5) is 0 Å². The van der Waals surface area contributed by atoms with Gasteiger partial charge in [-0.2, -0.15) is 0 Å². The second-order valence-electron chi connectivity index (χ2n) is 8.35. The van der Waals surface area contributed by atoms with Crippen LogP contribution < -0.4 is 0 Å². The van der Waals surface area contributed by atoms with E-state index in [4.69, 9.17) is 4.74 Å². The van der Waals surface area contributed by atoms with Crippen molar-refractivity contribution in [2.75, 3.05) is 0 Å². The summed E-state index contributed by atoms with van der Waals surface area (Å²) in [6.07, 6.45) is 2.49. The third kappa shape index (κ3) is 3.89. The summed E-state index contributed by atoms with van der Waals surface area (Å²) in [4.78, 5) is 24.5. The summed E-state index contributed by atoms with van der Waals surface area (Å²) in [7, 11) is 0. The summed E-state index contributed by atoms with van der Waals surface area (Å²) in [5, 5.41) is 10.9. The molecule has 0 aromatic heterocycles. The summed E-state index contributed by atoms with van der Waals surface area (Å²) in [5.41, 5.74) is 1.69. The van der Waals surface area contributed by atoms with Crippen LogP contribution in [0.3, 0.4) is 0 Å². The van der Waals surface area contributed by atoms with Gasteiger partial charge < -0.3 is 9.84 Å². The van der Waals surface area contributed by atoms with E-state index in [-0.39, 0.29) is 29.0 Å². The maximum absolute atomic E-state index is 12.3. The lowest BCUT2D eigenvalue weighted by molar-refractivity contribution is -0.186. The quantitative estimate of drug-likeness (QED) is 0.476. The van der Waals surface area contributed by atoms with E-state index in [1.165, 1.54) is 6.08 Å². The van der Waals surface area contributed by atoms with Crippen molar-refractivity contribution < 1.29 is 19.4 Å². The van der Waals surface area contributed by atoms with Crippen LogP contribution in [-0.2, 0) is 14.3 Å². The van der Waals surface area contributed by atoms with E-state index in [1.807, 2.05) is 20.8 Å². The topological polar surface area (TPSA) is 63.6 Å². The molecule has 2 aliphatic carbocycles. The molecule has 4 nitrogen and oxygen atoms in total. The van der Waals surface area contributed by atoms with Crippen LogP contribution in [0.25, 0.3) is 0 Å². The highest BCUT2D eigenvalue weighted by Gasteiger charge is 2.56. The van der Waals surface area contributed by atoms with Gasteiger partial charge in [-0.25, -0.2) is 4.79 Å². The van der Waals surface area contributed by atoms with Gasteiger partial charge in [0, 0.05) is 30.8 Å². The molecule has 6 atom stereocenters. The Morgan fingerprint density at radius 1 is 1.40 bits per heavy atom. The van der Waals surface area contributed by atoms with Crippen LogP contribution in [0.2, 0.25) is 0 Å². The number of rotatable bonds is 4. The molecule has 0 aromatic carbocycles. The van der Waals surface area contributed by atoms with Crippen molar-refractivity contribution in [1.29, 1.82) is 0 Å². The predicted molar refractivity (Wildman–Crippen MR) is 97.9 cm³/mol. The van der Waals surface area contributed by atoms with Crippen molar-refractivity contribution in [2.45, 2.75) is 72.5 Å². The van der Waals surface area contributed by atoms with Crippen LogP contribution in [0.15, 0.2) is 23.8 Å². The number of ether oxygens (including phenoxy) is 1. The molecule has 4 heteroatoms. The minimum Gasteiger partial charge on any atom is -0.456 e. The summed E-state index contributed by atoms with van der Waals surface area (Å²) in [6.45, 7) is 14.1. The zero-order valence-corrected chi connectivity index (χ0v) is 16.2. The number of Topliss-reactive ketones (excluding diaryl/α,β-unsaturated/α-hetero) is 1. The molecule has 140 valence electrons. The van der Waals surface area contributed by atoms with Crippen LogP contribution in [0, 0.1) is 23.2 Å². The molecule has 25 heavy (non-hydrogen) atoms. The fraction of sp³-hybridized carbons (Fsp3) is 0.714. The molecule has 0 spiro atoms. The Balaban J connectivity index is 2.36. The van der Waals surface area contributed by atoms with E-state index in [0.29, 0.717) is 12.8 Å². The minimum absolute atomic E-state index is 0.119. The van der Waals surface area contributed by atoms with Crippen molar-refractivity contribution in [3.63, 3.8) is 0 Å². The lowest BCUT2D eigenvalue weighted by Crippen LogP contribution is -2.58.